The molecule has 0 radical (unpaired) electrons. The number of benzene rings is 2. The summed E-state index contributed by atoms with van der Waals surface area (Å²) in [6, 6.07) is 13.2. The molecule has 0 heterocycles. The van der Waals surface area contributed by atoms with Crippen molar-refractivity contribution in [3.05, 3.63) is 71.8 Å². The lowest BCUT2D eigenvalue weighted by Crippen LogP contribution is -2.27. The number of phenols is 1. The second-order valence-corrected chi connectivity index (χ2v) is 5.81. The molecule has 0 bridgehead atoms. The highest BCUT2D eigenvalue weighted by Gasteiger charge is 2.26. The molecule has 0 aromatic heterocycles. The van der Waals surface area contributed by atoms with Crippen LogP contribution < -0.4 is 5.32 Å². The maximum Gasteiger partial charge on any atom is 0.412 e. The number of carbonyl (C=O) groups is 2. The molecule has 0 saturated heterocycles. The smallest absolute Gasteiger partial charge is 0.412 e. The zero-order valence-corrected chi connectivity index (χ0v) is 15.0. The van der Waals surface area contributed by atoms with Gasteiger partial charge in [0.2, 0.25) is 0 Å². The molecule has 0 saturated carbocycles. The van der Waals surface area contributed by atoms with Crippen LogP contribution in [0.25, 0.3) is 0 Å². The predicted molar refractivity (Wildman–Crippen MR) is 99.7 cm³/mol. The first-order chi connectivity index (χ1) is 12.9. The highest BCUT2D eigenvalue weighted by atomic mass is 16.6. The molecule has 2 atom stereocenters. The number of aromatic hydroxyl groups is 1. The van der Waals surface area contributed by atoms with E-state index >= 15 is 0 Å². The lowest BCUT2D eigenvalue weighted by atomic mass is 10.0. The molecule has 0 spiro atoms. The van der Waals surface area contributed by atoms with Gasteiger partial charge in [-0.25, -0.2) is 9.59 Å². The Labute approximate surface area is 156 Å². The number of aliphatic carboxylic acids is 1. The van der Waals surface area contributed by atoms with Crippen molar-refractivity contribution in [1.82, 2.24) is 0 Å². The topological polar surface area (TPSA) is 105 Å². The number of methoxy groups -OCH3 is 1. The standard InChI is InChI=1S/C20H21NO6/c1-13-3-7-15(8-4-13)21-20(25)27-19(14-5-9-16(22)10-6-14)17(26-2)11-12-18(23)24/h3-12,17,19,22H,1-2H3,(H,21,25)(H,23,24)/b12-11+/t17-,19-/m0/s1. The van der Waals surface area contributed by atoms with Crippen molar-refractivity contribution < 1.29 is 29.3 Å². The van der Waals surface area contributed by atoms with Gasteiger partial charge in [0.05, 0.1) is 0 Å². The van der Waals surface area contributed by atoms with Crippen LogP contribution in [0.2, 0.25) is 0 Å². The minimum Gasteiger partial charge on any atom is -0.508 e. The summed E-state index contributed by atoms with van der Waals surface area (Å²) in [7, 11) is 1.38. The number of ether oxygens (including phenoxy) is 2. The maximum absolute atomic E-state index is 12.3. The molecule has 7 nitrogen and oxygen atoms in total. The number of phenolic OH excluding ortho intramolecular Hbond substituents is 1. The van der Waals surface area contributed by atoms with Gasteiger partial charge >= 0.3 is 12.1 Å². The van der Waals surface area contributed by atoms with Gasteiger partial charge < -0.3 is 19.7 Å². The first-order valence-corrected chi connectivity index (χ1v) is 8.16. The fraction of sp³-hybridized carbons (Fsp3) is 0.200. The first-order valence-electron chi connectivity index (χ1n) is 8.16. The third-order valence-electron chi connectivity index (χ3n) is 3.75. The highest BCUT2D eigenvalue weighted by molar-refractivity contribution is 5.84. The van der Waals surface area contributed by atoms with E-state index in [4.69, 9.17) is 14.6 Å². The average molecular weight is 371 g/mol. The molecule has 3 N–H and O–H groups in total. The van der Waals surface area contributed by atoms with E-state index in [1.165, 1.54) is 25.3 Å². The van der Waals surface area contributed by atoms with Gasteiger partial charge in [0.1, 0.15) is 11.9 Å². The van der Waals surface area contributed by atoms with Crippen LogP contribution in [0.4, 0.5) is 10.5 Å². The number of anilines is 1. The van der Waals surface area contributed by atoms with Gasteiger partial charge in [-0.3, -0.25) is 5.32 Å². The Bertz CT molecular complexity index is 798. The number of carboxylic acids is 1. The van der Waals surface area contributed by atoms with Gasteiger partial charge in [-0.2, -0.15) is 0 Å². The molecule has 2 aromatic carbocycles. The lowest BCUT2D eigenvalue weighted by molar-refractivity contribution is -0.131. The highest BCUT2D eigenvalue weighted by Crippen LogP contribution is 2.27. The molecule has 0 unspecified atom stereocenters. The molecule has 0 fully saturated rings. The van der Waals surface area contributed by atoms with Crippen molar-refractivity contribution in [3.8, 4) is 5.75 Å². The van der Waals surface area contributed by atoms with Crippen LogP contribution in [-0.4, -0.2) is 35.5 Å². The van der Waals surface area contributed by atoms with Crippen LogP contribution in [0.5, 0.6) is 5.75 Å². The monoisotopic (exact) mass is 371 g/mol. The normalized spacial score (nSPS) is 13.1. The van der Waals surface area contributed by atoms with Crippen LogP contribution >= 0.6 is 0 Å². The molecule has 2 aromatic rings. The number of hydrogen-bond acceptors (Lipinski definition) is 5. The number of carboxylic acid groups (broad SMARTS) is 1. The summed E-state index contributed by atoms with van der Waals surface area (Å²) in [6.07, 6.45) is -0.268. The number of carbonyl (C=O) groups excluding carboxylic acids is 1. The summed E-state index contributed by atoms with van der Waals surface area (Å²) < 4.78 is 10.8. The Morgan fingerprint density at radius 3 is 2.26 bits per heavy atom. The van der Waals surface area contributed by atoms with Crippen LogP contribution in [-0.2, 0) is 14.3 Å². The summed E-state index contributed by atoms with van der Waals surface area (Å²) in [5.41, 5.74) is 2.15. The molecular weight excluding hydrogens is 350 g/mol. The van der Waals surface area contributed by atoms with E-state index in [0.717, 1.165) is 11.6 Å². The van der Waals surface area contributed by atoms with E-state index in [9.17, 15) is 14.7 Å². The Morgan fingerprint density at radius 1 is 1.07 bits per heavy atom. The minimum absolute atomic E-state index is 0.0525. The van der Waals surface area contributed by atoms with Crippen molar-refractivity contribution in [2.45, 2.75) is 19.1 Å². The Balaban J connectivity index is 2.22. The van der Waals surface area contributed by atoms with E-state index in [1.54, 1.807) is 24.3 Å². The molecule has 7 heteroatoms. The van der Waals surface area contributed by atoms with E-state index in [0.29, 0.717) is 11.3 Å². The zero-order chi connectivity index (χ0) is 19.8. The molecule has 2 rings (SSSR count). The molecule has 0 aliphatic carbocycles. The Morgan fingerprint density at radius 2 is 1.70 bits per heavy atom. The van der Waals surface area contributed by atoms with Crippen molar-refractivity contribution in [1.29, 1.82) is 0 Å². The first kappa shape index (κ1) is 20.0. The van der Waals surface area contributed by atoms with Gasteiger partial charge in [-0.05, 0) is 42.8 Å². The summed E-state index contributed by atoms with van der Waals surface area (Å²) in [5.74, 6) is -1.10. The summed E-state index contributed by atoms with van der Waals surface area (Å²) >= 11 is 0. The number of hydrogen-bond donors (Lipinski definition) is 3. The van der Waals surface area contributed by atoms with Gasteiger partial charge in [-0.1, -0.05) is 29.8 Å². The maximum atomic E-state index is 12.3. The van der Waals surface area contributed by atoms with E-state index < -0.39 is 24.3 Å². The average Bonchev–Trinajstić information content (AvgIpc) is 2.63. The predicted octanol–water partition coefficient (Wildman–Crippen LogP) is 3.65. The quantitative estimate of drug-likeness (QED) is 0.642. The molecule has 142 valence electrons. The fourth-order valence-electron chi connectivity index (χ4n) is 2.37. The SMILES string of the molecule is CO[C@@H](/C=C/C(=O)O)[C@@H](OC(=O)Nc1ccc(C)cc1)c1ccc(O)cc1. The summed E-state index contributed by atoms with van der Waals surface area (Å²) in [6.45, 7) is 1.93. The molecule has 27 heavy (non-hydrogen) atoms. The largest absolute Gasteiger partial charge is 0.508 e. The summed E-state index contributed by atoms with van der Waals surface area (Å²) in [4.78, 5) is 23.1. The van der Waals surface area contributed by atoms with Crippen molar-refractivity contribution in [3.63, 3.8) is 0 Å². The number of amides is 1. The number of nitrogens with one attached hydrogen (secondary N) is 1. The van der Waals surface area contributed by atoms with E-state index in [-0.39, 0.29) is 5.75 Å². The molecular formula is C20H21NO6. The van der Waals surface area contributed by atoms with Crippen molar-refractivity contribution >= 4 is 17.7 Å². The van der Waals surface area contributed by atoms with Gasteiger partial charge in [-0.15, -0.1) is 0 Å². The third-order valence-corrected chi connectivity index (χ3v) is 3.75. The Hall–Kier alpha value is -3.32. The second kappa shape index (κ2) is 9.40. The van der Waals surface area contributed by atoms with Crippen LogP contribution in [0.15, 0.2) is 60.7 Å². The minimum atomic E-state index is -1.15. The summed E-state index contributed by atoms with van der Waals surface area (Å²) in [5, 5.41) is 20.9. The van der Waals surface area contributed by atoms with Crippen LogP contribution in [0.1, 0.15) is 17.2 Å². The zero-order valence-electron chi connectivity index (χ0n) is 15.0. The number of rotatable bonds is 7. The van der Waals surface area contributed by atoms with E-state index in [2.05, 4.69) is 5.32 Å². The van der Waals surface area contributed by atoms with Crippen LogP contribution in [0, 0.1) is 6.92 Å². The molecule has 0 aliphatic heterocycles. The van der Waals surface area contributed by atoms with Crippen LogP contribution in [0.3, 0.4) is 0 Å². The van der Waals surface area contributed by atoms with Crippen molar-refractivity contribution in [2.24, 2.45) is 0 Å². The van der Waals surface area contributed by atoms with E-state index in [1.807, 2.05) is 19.1 Å². The van der Waals surface area contributed by atoms with Gasteiger partial charge in [0.15, 0.2) is 6.10 Å². The fourth-order valence-corrected chi connectivity index (χ4v) is 2.37. The Kier molecular flexibility index (Phi) is 6.96. The molecule has 1 amide bonds. The third kappa shape index (κ3) is 6.16. The van der Waals surface area contributed by atoms with Crippen molar-refractivity contribution in [2.75, 3.05) is 12.4 Å². The van der Waals surface area contributed by atoms with Gasteiger partial charge in [0, 0.05) is 18.9 Å². The lowest BCUT2D eigenvalue weighted by Gasteiger charge is -2.24. The second-order valence-electron chi connectivity index (χ2n) is 5.81. The molecule has 0 aliphatic rings. The van der Waals surface area contributed by atoms with Gasteiger partial charge in [0.25, 0.3) is 0 Å². The number of aryl methyl sites for hydroxylation is 1.